The third-order valence-corrected chi connectivity index (χ3v) is 8.84. The SMILES string of the molecule is Cn1c2c(c3cc(C(=O)N4CCC[C@H](NC(=O)C5CC5)C4)ccc31)C[C@H](C1CCOCC1)CC2. The molecular formula is C28H37N3O3. The van der Waals surface area contributed by atoms with Gasteiger partial charge in [-0.05, 0) is 93.4 Å². The van der Waals surface area contributed by atoms with Crippen molar-refractivity contribution in [1.29, 1.82) is 0 Å². The molecule has 0 radical (unpaired) electrons. The van der Waals surface area contributed by atoms with E-state index in [0.29, 0.717) is 6.54 Å². The Morgan fingerprint density at radius 3 is 2.65 bits per heavy atom. The molecule has 0 bridgehead atoms. The van der Waals surface area contributed by atoms with Crippen molar-refractivity contribution in [2.24, 2.45) is 24.8 Å². The van der Waals surface area contributed by atoms with Crippen LogP contribution in [0.1, 0.15) is 66.6 Å². The van der Waals surface area contributed by atoms with Crippen molar-refractivity contribution in [3.8, 4) is 0 Å². The number of hydrogen-bond acceptors (Lipinski definition) is 3. The molecule has 2 aromatic rings. The van der Waals surface area contributed by atoms with Crippen LogP contribution in [-0.4, -0.2) is 53.6 Å². The van der Waals surface area contributed by atoms with E-state index in [1.165, 1.54) is 41.4 Å². The molecule has 3 fully saturated rings. The number of likely N-dealkylation sites (tertiary alicyclic amines) is 1. The van der Waals surface area contributed by atoms with Gasteiger partial charge < -0.3 is 19.5 Å². The number of piperidine rings is 1. The molecule has 6 heteroatoms. The van der Waals surface area contributed by atoms with Gasteiger partial charge in [-0.25, -0.2) is 0 Å². The molecule has 2 atom stereocenters. The van der Waals surface area contributed by atoms with Gasteiger partial charge in [0.05, 0.1) is 0 Å². The van der Waals surface area contributed by atoms with Gasteiger partial charge in [0.25, 0.3) is 5.91 Å². The first-order valence-electron chi connectivity index (χ1n) is 13.4. The van der Waals surface area contributed by atoms with E-state index in [1.807, 2.05) is 11.0 Å². The van der Waals surface area contributed by atoms with Crippen LogP contribution in [0.25, 0.3) is 10.9 Å². The number of fused-ring (bicyclic) bond motifs is 3. The first-order chi connectivity index (χ1) is 16.6. The summed E-state index contributed by atoms with van der Waals surface area (Å²) in [7, 11) is 2.18. The van der Waals surface area contributed by atoms with Gasteiger partial charge in [0.1, 0.15) is 0 Å². The molecule has 6 nitrogen and oxygen atoms in total. The topological polar surface area (TPSA) is 63.6 Å². The number of nitrogens with zero attached hydrogens (tertiary/aromatic N) is 2. The number of aromatic nitrogens is 1. The molecule has 1 saturated carbocycles. The van der Waals surface area contributed by atoms with Crippen LogP contribution in [0.2, 0.25) is 0 Å². The summed E-state index contributed by atoms with van der Waals surface area (Å²) in [6, 6.07) is 6.37. The zero-order chi connectivity index (χ0) is 23.2. The first kappa shape index (κ1) is 22.1. The molecular weight excluding hydrogens is 426 g/mol. The largest absolute Gasteiger partial charge is 0.381 e. The lowest BCUT2D eigenvalue weighted by Crippen LogP contribution is -2.50. The van der Waals surface area contributed by atoms with Gasteiger partial charge in [0, 0.05) is 67.5 Å². The van der Waals surface area contributed by atoms with Crippen molar-refractivity contribution in [3.63, 3.8) is 0 Å². The van der Waals surface area contributed by atoms with Gasteiger partial charge in [-0.1, -0.05) is 0 Å². The van der Waals surface area contributed by atoms with Crippen molar-refractivity contribution in [2.75, 3.05) is 26.3 Å². The summed E-state index contributed by atoms with van der Waals surface area (Å²) in [6.07, 6.45) is 9.79. The Bertz CT molecular complexity index is 1100. The van der Waals surface area contributed by atoms with Gasteiger partial charge in [-0.15, -0.1) is 0 Å². The second-order valence-corrected chi connectivity index (χ2v) is 11.0. The summed E-state index contributed by atoms with van der Waals surface area (Å²) in [4.78, 5) is 27.7. The van der Waals surface area contributed by atoms with Gasteiger partial charge >= 0.3 is 0 Å². The van der Waals surface area contributed by atoms with Crippen molar-refractivity contribution in [1.82, 2.24) is 14.8 Å². The molecule has 0 unspecified atom stereocenters. The quantitative estimate of drug-likeness (QED) is 0.749. The van der Waals surface area contributed by atoms with E-state index >= 15 is 0 Å². The number of hydrogen-bond donors (Lipinski definition) is 1. The Balaban J connectivity index is 1.22. The lowest BCUT2D eigenvalue weighted by atomic mass is 9.75. The minimum atomic E-state index is 0.0826. The highest BCUT2D eigenvalue weighted by molar-refractivity contribution is 5.99. The second kappa shape index (κ2) is 9.03. The van der Waals surface area contributed by atoms with Crippen LogP contribution >= 0.6 is 0 Å². The van der Waals surface area contributed by atoms with Crippen LogP contribution in [0.3, 0.4) is 0 Å². The standard InChI is InChI=1S/C28H37N3O3/c1-30-25-8-6-20(18-10-13-34-14-11-18)15-23(25)24-16-21(7-9-26(24)30)28(33)31-12-2-3-22(17-31)29-27(32)19-4-5-19/h7,9,16,18-20,22H,2-6,8,10-15,17H2,1H3,(H,29,32)/t20-,22+/m1/s1. The summed E-state index contributed by atoms with van der Waals surface area (Å²) in [5.41, 5.74) is 4.93. The third-order valence-electron chi connectivity index (χ3n) is 8.84. The molecule has 3 heterocycles. The lowest BCUT2D eigenvalue weighted by molar-refractivity contribution is -0.123. The van der Waals surface area contributed by atoms with Crippen molar-refractivity contribution < 1.29 is 14.3 Å². The molecule has 182 valence electrons. The maximum atomic E-state index is 13.5. The number of carbonyl (C=O) groups is 2. The zero-order valence-corrected chi connectivity index (χ0v) is 20.4. The maximum absolute atomic E-state index is 13.5. The molecule has 34 heavy (non-hydrogen) atoms. The Hall–Kier alpha value is -2.34. The number of aryl methyl sites for hydroxylation is 1. The van der Waals surface area contributed by atoms with Crippen LogP contribution < -0.4 is 5.32 Å². The number of nitrogens with one attached hydrogen (secondary N) is 1. The van der Waals surface area contributed by atoms with Crippen LogP contribution in [0.15, 0.2) is 18.2 Å². The van der Waals surface area contributed by atoms with Crippen LogP contribution in [0.4, 0.5) is 0 Å². The molecule has 2 saturated heterocycles. The highest BCUT2D eigenvalue weighted by atomic mass is 16.5. The normalized spacial score (nSPS) is 25.9. The summed E-state index contributed by atoms with van der Waals surface area (Å²) in [5, 5.41) is 4.44. The number of rotatable bonds is 4. The molecule has 1 N–H and O–H groups in total. The number of ether oxygens (including phenoxy) is 1. The Labute approximate surface area is 202 Å². The van der Waals surface area contributed by atoms with Gasteiger partial charge in [0.15, 0.2) is 0 Å². The Kier molecular flexibility index (Phi) is 5.88. The highest BCUT2D eigenvalue weighted by Crippen LogP contribution is 2.39. The third kappa shape index (κ3) is 4.15. The van der Waals surface area contributed by atoms with Gasteiger partial charge in [0.2, 0.25) is 5.91 Å². The molecule has 0 spiro atoms. The fourth-order valence-corrected chi connectivity index (χ4v) is 6.66. The molecule has 2 aliphatic carbocycles. The highest BCUT2D eigenvalue weighted by Gasteiger charge is 2.34. The zero-order valence-electron chi connectivity index (χ0n) is 20.4. The number of carbonyl (C=O) groups excluding carboxylic acids is 2. The Morgan fingerprint density at radius 1 is 1.03 bits per heavy atom. The van der Waals surface area contributed by atoms with Crippen molar-refractivity contribution >= 4 is 22.7 Å². The minimum absolute atomic E-state index is 0.0826. The number of benzene rings is 1. The minimum Gasteiger partial charge on any atom is -0.381 e. The smallest absolute Gasteiger partial charge is 0.253 e. The van der Waals surface area contributed by atoms with E-state index in [-0.39, 0.29) is 23.8 Å². The summed E-state index contributed by atoms with van der Waals surface area (Å²) in [5.74, 6) is 1.97. The van der Waals surface area contributed by atoms with Gasteiger partial charge in [-0.3, -0.25) is 9.59 Å². The van der Waals surface area contributed by atoms with E-state index in [1.54, 1.807) is 0 Å². The molecule has 1 aromatic heterocycles. The number of amides is 2. The lowest BCUT2D eigenvalue weighted by Gasteiger charge is -2.33. The van der Waals surface area contributed by atoms with E-state index in [0.717, 1.165) is 75.7 Å². The van der Waals surface area contributed by atoms with Crippen LogP contribution in [0, 0.1) is 17.8 Å². The van der Waals surface area contributed by atoms with Crippen molar-refractivity contribution in [3.05, 3.63) is 35.0 Å². The predicted molar refractivity (Wildman–Crippen MR) is 132 cm³/mol. The maximum Gasteiger partial charge on any atom is 0.253 e. The average molecular weight is 464 g/mol. The van der Waals surface area contributed by atoms with Crippen molar-refractivity contribution in [2.45, 2.75) is 63.8 Å². The first-order valence-corrected chi connectivity index (χ1v) is 13.4. The Morgan fingerprint density at radius 2 is 1.85 bits per heavy atom. The van der Waals surface area contributed by atoms with Crippen LogP contribution in [0.5, 0.6) is 0 Å². The van der Waals surface area contributed by atoms with Crippen LogP contribution in [-0.2, 0) is 29.4 Å². The van der Waals surface area contributed by atoms with E-state index < -0.39 is 0 Å². The van der Waals surface area contributed by atoms with Gasteiger partial charge in [-0.2, -0.15) is 0 Å². The monoisotopic (exact) mass is 463 g/mol. The fraction of sp³-hybridized carbons (Fsp3) is 0.643. The molecule has 4 aliphatic rings. The molecule has 2 amide bonds. The summed E-state index contributed by atoms with van der Waals surface area (Å²) < 4.78 is 7.96. The van der Waals surface area contributed by atoms with E-state index in [4.69, 9.17) is 4.74 Å². The average Bonchev–Trinajstić information content (AvgIpc) is 3.70. The fourth-order valence-electron chi connectivity index (χ4n) is 6.66. The van der Waals surface area contributed by atoms with E-state index in [9.17, 15) is 9.59 Å². The predicted octanol–water partition coefficient (Wildman–Crippen LogP) is 3.84. The summed E-state index contributed by atoms with van der Waals surface area (Å²) in [6.45, 7) is 3.19. The molecule has 2 aliphatic heterocycles. The summed E-state index contributed by atoms with van der Waals surface area (Å²) >= 11 is 0. The van der Waals surface area contributed by atoms with E-state index in [2.05, 4.69) is 29.1 Å². The molecule has 6 rings (SSSR count). The second-order valence-electron chi connectivity index (χ2n) is 11.0. The molecule has 1 aromatic carbocycles.